The normalized spacial score (nSPS) is 9.31. The molecule has 0 bridgehead atoms. The van der Waals surface area contributed by atoms with Gasteiger partial charge in [0.1, 0.15) is 5.69 Å². The van der Waals surface area contributed by atoms with Crippen molar-refractivity contribution in [3.63, 3.8) is 0 Å². The van der Waals surface area contributed by atoms with Crippen LogP contribution in [0.25, 0.3) is 0 Å². The molecule has 1 aromatic rings. The van der Waals surface area contributed by atoms with Crippen molar-refractivity contribution in [2.45, 2.75) is 0 Å². The van der Waals surface area contributed by atoms with Gasteiger partial charge in [-0.1, -0.05) is 0 Å². The van der Waals surface area contributed by atoms with Crippen molar-refractivity contribution in [3.8, 4) is 0 Å². The van der Waals surface area contributed by atoms with Crippen molar-refractivity contribution < 1.29 is 9.90 Å². The zero-order valence-corrected chi connectivity index (χ0v) is 6.94. The highest BCUT2D eigenvalue weighted by atomic mass is 16.4. The SMILES string of the molecule is CNc1ccc(C(=O)O)cc1N=O. The van der Waals surface area contributed by atoms with Gasteiger partial charge in [0.2, 0.25) is 0 Å². The Morgan fingerprint density at radius 2 is 2.23 bits per heavy atom. The number of rotatable bonds is 3. The number of benzene rings is 1. The highest BCUT2D eigenvalue weighted by Gasteiger charge is 2.07. The van der Waals surface area contributed by atoms with Crippen LogP contribution in [0.3, 0.4) is 0 Å². The van der Waals surface area contributed by atoms with Crippen LogP contribution < -0.4 is 5.32 Å². The maximum atomic E-state index is 10.5. The number of nitrogens with zero attached hydrogens (tertiary/aromatic N) is 1. The molecular formula is C8H8N2O3. The number of hydrogen-bond donors (Lipinski definition) is 2. The van der Waals surface area contributed by atoms with Gasteiger partial charge in [0.15, 0.2) is 0 Å². The van der Waals surface area contributed by atoms with Crippen LogP contribution in [0, 0.1) is 4.91 Å². The van der Waals surface area contributed by atoms with Gasteiger partial charge in [-0.15, -0.1) is 4.91 Å². The van der Waals surface area contributed by atoms with Gasteiger partial charge in [0.05, 0.1) is 11.3 Å². The van der Waals surface area contributed by atoms with Crippen LogP contribution in [0.4, 0.5) is 11.4 Å². The fourth-order valence-electron chi connectivity index (χ4n) is 0.952. The second kappa shape index (κ2) is 3.66. The molecule has 0 saturated heterocycles. The first-order valence-electron chi connectivity index (χ1n) is 3.57. The quantitative estimate of drug-likeness (QED) is 0.695. The van der Waals surface area contributed by atoms with Crippen LogP contribution in [-0.2, 0) is 0 Å². The third-order valence-electron chi connectivity index (χ3n) is 1.61. The Kier molecular flexibility index (Phi) is 2.59. The van der Waals surface area contributed by atoms with Crippen LogP contribution in [0.1, 0.15) is 10.4 Å². The van der Waals surface area contributed by atoms with Gasteiger partial charge in [-0.05, 0) is 23.4 Å². The molecule has 0 aromatic heterocycles. The lowest BCUT2D eigenvalue weighted by Crippen LogP contribution is -1.96. The highest BCUT2D eigenvalue weighted by molar-refractivity contribution is 5.90. The minimum absolute atomic E-state index is 0.0496. The Morgan fingerprint density at radius 3 is 2.69 bits per heavy atom. The first kappa shape index (κ1) is 9.18. The summed E-state index contributed by atoms with van der Waals surface area (Å²) in [5.74, 6) is -1.08. The molecule has 0 radical (unpaired) electrons. The second-order valence-corrected chi connectivity index (χ2v) is 2.38. The van der Waals surface area contributed by atoms with E-state index in [9.17, 15) is 9.70 Å². The zero-order valence-electron chi connectivity index (χ0n) is 6.94. The van der Waals surface area contributed by atoms with Crippen molar-refractivity contribution >= 4 is 17.3 Å². The Labute approximate surface area is 74.4 Å². The van der Waals surface area contributed by atoms with Crippen LogP contribution in [0.2, 0.25) is 0 Å². The van der Waals surface area contributed by atoms with E-state index in [-0.39, 0.29) is 11.3 Å². The third-order valence-corrected chi connectivity index (χ3v) is 1.61. The molecule has 0 saturated carbocycles. The summed E-state index contributed by atoms with van der Waals surface area (Å²) in [5, 5.41) is 14.0. The predicted molar refractivity (Wildman–Crippen MR) is 48.4 cm³/mol. The molecule has 5 nitrogen and oxygen atoms in total. The number of carboxylic acids is 1. The van der Waals surface area contributed by atoms with E-state index in [1.807, 2.05) is 0 Å². The summed E-state index contributed by atoms with van der Waals surface area (Å²) in [6, 6.07) is 4.13. The summed E-state index contributed by atoms with van der Waals surface area (Å²) in [6.45, 7) is 0. The molecule has 0 spiro atoms. The molecule has 13 heavy (non-hydrogen) atoms. The van der Waals surface area contributed by atoms with Crippen molar-refractivity contribution in [2.24, 2.45) is 5.18 Å². The molecule has 0 fully saturated rings. The number of nitroso groups, excluding NO2 is 1. The van der Waals surface area contributed by atoms with Crippen LogP contribution in [0.15, 0.2) is 23.4 Å². The van der Waals surface area contributed by atoms with Crippen LogP contribution >= 0.6 is 0 Å². The first-order chi connectivity index (χ1) is 6.19. The van der Waals surface area contributed by atoms with E-state index in [1.165, 1.54) is 18.2 Å². The monoisotopic (exact) mass is 180 g/mol. The Bertz CT molecular complexity index is 349. The molecule has 0 unspecified atom stereocenters. The van der Waals surface area contributed by atoms with Gasteiger partial charge in [0.25, 0.3) is 0 Å². The number of anilines is 1. The Morgan fingerprint density at radius 1 is 1.54 bits per heavy atom. The highest BCUT2D eigenvalue weighted by Crippen LogP contribution is 2.25. The summed E-state index contributed by atoms with van der Waals surface area (Å²) in [6.07, 6.45) is 0. The number of nitrogens with one attached hydrogen (secondary N) is 1. The topological polar surface area (TPSA) is 78.8 Å². The summed E-state index contributed by atoms with van der Waals surface area (Å²) >= 11 is 0. The van der Waals surface area contributed by atoms with Crippen LogP contribution in [-0.4, -0.2) is 18.1 Å². The van der Waals surface area contributed by atoms with E-state index in [0.29, 0.717) is 5.69 Å². The predicted octanol–water partition coefficient (Wildman–Crippen LogP) is 1.82. The van der Waals surface area contributed by atoms with Gasteiger partial charge in [-0.2, -0.15) is 0 Å². The molecule has 1 aromatic carbocycles. The van der Waals surface area contributed by atoms with Crippen molar-refractivity contribution in [1.82, 2.24) is 0 Å². The Balaban J connectivity index is 3.20. The van der Waals surface area contributed by atoms with Gasteiger partial charge in [-0.25, -0.2) is 4.79 Å². The van der Waals surface area contributed by atoms with E-state index in [2.05, 4.69) is 10.5 Å². The van der Waals surface area contributed by atoms with Gasteiger partial charge in [-0.3, -0.25) is 0 Å². The average Bonchev–Trinajstić information content (AvgIpc) is 2.16. The van der Waals surface area contributed by atoms with E-state index >= 15 is 0 Å². The molecule has 0 aliphatic rings. The summed E-state index contributed by atoms with van der Waals surface area (Å²) in [4.78, 5) is 20.8. The van der Waals surface area contributed by atoms with Gasteiger partial charge in [0, 0.05) is 7.05 Å². The van der Waals surface area contributed by atoms with Crippen molar-refractivity contribution in [1.29, 1.82) is 0 Å². The minimum Gasteiger partial charge on any atom is -0.478 e. The summed E-state index contributed by atoms with van der Waals surface area (Å²) in [5.41, 5.74) is 0.663. The molecule has 0 heterocycles. The zero-order chi connectivity index (χ0) is 9.84. The smallest absolute Gasteiger partial charge is 0.335 e. The maximum absolute atomic E-state index is 10.5. The lowest BCUT2D eigenvalue weighted by Gasteiger charge is -2.02. The molecule has 0 aliphatic carbocycles. The lowest BCUT2D eigenvalue weighted by atomic mass is 10.2. The molecule has 0 atom stereocenters. The molecule has 0 amide bonds. The molecule has 5 heteroatoms. The first-order valence-corrected chi connectivity index (χ1v) is 3.57. The number of carboxylic acid groups (broad SMARTS) is 1. The molecule has 68 valence electrons. The second-order valence-electron chi connectivity index (χ2n) is 2.38. The average molecular weight is 180 g/mol. The van der Waals surface area contributed by atoms with Gasteiger partial charge >= 0.3 is 5.97 Å². The van der Waals surface area contributed by atoms with E-state index in [0.717, 1.165) is 0 Å². The summed E-state index contributed by atoms with van der Waals surface area (Å²) < 4.78 is 0. The number of hydrogen-bond acceptors (Lipinski definition) is 4. The number of aromatic carboxylic acids is 1. The Hall–Kier alpha value is -1.91. The molecule has 1 rings (SSSR count). The maximum Gasteiger partial charge on any atom is 0.335 e. The van der Waals surface area contributed by atoms with Crippen molar-refractivity contribution in [3.05, 3.63) is 28.7 Å². The van der Waals surface area contributed by atoms with Crippen molar-refractivity contribution in [2.75, 3.05) is 12.4 Å². The molecule has 0 aliphatic heterocycles. The minimum atomic E-state index is -1.08. The molecular weight excluding hydrogens is 172 g/mol. The lowest BCUT2D eigenvalue weighted by molar-refractivity contribution is 0.0697. The molecule has 2 N–H and O–H groups in total. The number of carbonyl (C=O) groups is 1. The summed E-state index contributed by atoms with van der Waals surface area (Å²) in [7, 11) is 1.63. The van der Waals surface area contributed by atoms with Gasteiger partial charge < -0.3 is 10.4 Å². The fraction of sp³-hybridized carbons (Fsp3) is 0.125. The standard InChI is InChI=1S/C8H8N2O3/c1-9-6-3-2-5(8(11)12)4-7(6)10-13/h2-4,9H,1H3,(H,11,12). The fourth-order valence-corrected chi connectivity index (χ4v) is 0.952. The van der Waals surface area contributed by atoms with E-state index in [4.69, 9.17) is 5.11 Å². The third kappa shape index (κ3) is 1.81. The van der Waals surface area contributed by atoms with Crippen LogP contribution in [0.5, 0.6) is 0 Å². The van der Waals surface area contributed by atoms with E-state index < -0.39 is 5.97 Å². The van der Waals surface area contributed by atoms with E-state index in [1.54, 1.807) is 7.05 Å². The largest absolute Gasteiger partial charge is 0.478 e.